The third-order valence-corrected chi connectivity index (χ3v) is 1.25. The van der Waals surface area contributed by atoms with Crippen LogP contribution in [0.25, 0.3) is 0 Å². The maximum absolute atomic E-state index is 9.93. The molecular weight excluding hydrogens is 234 g/mol. The molecule has 0 bridgehead atoms. The van der Waals surface area contributed by atoms with E-state index >= 15 is 0 Å². The smallest absolute Gasteiger partial charge is 0.313 e. The third kappa shape index (κ3) is 8.21. The van der Waals surface area contributed by atoms with Gasteiger partial charge in [-0.3, -0.25) is 0 Å². The maximum Gasteiger partial charge on any atom is 0.475 e. The summed E-state index contributed by atoms with van der Waals surface area (Å²) in [5.41, 5.74) is 0. The standard InChI is InChI=1S/C4H8N3O9/c8-5(9)14-1-4(2-15-6(10)11)3-16-7(12)13/h4H,1-3H2,(H,8,9)/q+1. The monoisotopic (exact) mass is 242 g/mol. The van der Waals surface area contributed by atoms with Gasteiger partial charge in [-0.1, -0.05) is 0 Å². The van der Waals surface area contributed by atoms with Crippen molar-refractivity contribution >= 4 is 0 Å². The molecule has 0 aliphatic heterocycles. The molecule has 0 aromatic heterocycles. The van der Waals surface area contributed by atoms with Crippen LogP contribution in [0.5, 0.6) is 0 Å². The normalized spacial score (nSPS) is 9.56. The Labute approximate surface area is 87.0 Å². The zero-order valence-corrected chi connectivity index (χ0v) is 7.75. The Bertz CT molecular complexity index is 225. The van der Waals surface area contributed by atoms with Crippen LogP contribution < -0.4 is 0 Å². The second-order valence-corrected chi connectivity index (χ2v) is 2.44. The van der Waals surface area contributed by atoms with Crippen LogP contribution in [0.3, 0.4) is 0 Å². The van der Waals surface area contributed by atoms with Gasteiger partial charge in [-0.25, -0.2) is 5.21 Å². The fraction of sp³-hybridized carbons (Fsp3) is 1.00. The molecule has 0 spiro atoms. The molecule has 0 saturated carbocycles. The lowest BCUT2D eigenvalue weighted by atomic mass is 10.2. The average molecular weight is 242 g/mol. The number of hydrogen-bond donors (Lipinski definition) is 1. The summed E-state index contributed by atoms with van der Waals surface area (Å²) in [7, 11) is 0. The lowest BCUT2D eigenvalue weighted by Gasteiger charge is -2.09. The topological polar surface area (TPSA) is 154 Å². The van der Waals surface area contributed by atoms with Crippen molar-refractivity contribution in [3.8, 4) is 0 Å². The van der Waals surface area contributed by atoms with Crippen LogP contribution in [0, 0.1) is 31.1 Å². The van der Waals surface area contributed by atoms with E-state index in [4.69, 9.17) is 5.21 Å². The average Bonchev–Trinajstić information content (AvgIpc) is 2.15. The lowest BCUT2D eigenvalue weighted by Crippen LogP contribution is -2.26. The minimum atomic E-state index is -1.12. The van der Waals surface area contributed by atoms with E-state index in [1.165, 1.54) is 0 Å². The van der Waals surface area contributed by atoms with Crippen LogP contribution in [0.1, 0.15) is 0 Å². The Hall–Kier alpha value is -2.40. The van der Waals surface area contributed by atoms with Crippen LogP contribution in [0.2, 0.25) is 0 Å². The Balaban J connectivity index is 3.98. The minimum Gasteiger partial charge on any atom is -0.313 e. The van der Waals surface area contributed by atoms with Gasteiger partial charge in [-0.2, -0.15) is 4.84 Å². The predicted molar refractivity (Wildman–Crippen MR) is 40.7 cm³/mol. The van der Waals surface area contributed by atoms with Crippen molar-refractivity contribution in [3.05, 3.63) is 25.1 Å². The number of hydrogen-bond acceptors (Lipinski definition) is 8. The van der Waals surface area contributed by atoms with Crippen molar-refractivity contribution in [1.29, 1.82) is 0 Å². The zero-order chi connectivity index (χ0) is 12.6. The highest BCUT2D eigenvalue weighted by atomic mass is 17.0. The molecule has 0 aromatic carbocycles. The minimum absolute atomic E-state index is 0.540. The van der Waals surface area contributed by atoms with Gasteiger partial charge in [0.1, 0.15) is 18.1 Å². The van der Waals surface area contributed by atoms with Gasteiger partial charge in [0.2, 0.25) is 0 Å². The van der Waals surface area contributed by atoms with Crippen molar-refractivity contribution < 1.29 is 35.0 Å². The highest BCUT2D eigenvalue weighted by molar-refractivity contribution is 4.52. The summed E-state index contributed by atoms with van der Waals surface area (Å²) in [6.45, 7) is -1.69. The van der Waals surface area contributed by atoms with E-state index in [1.807, 2.05) is 0 Å². The van der Waals surface area contributed by atoms with Crippen LogP contribution in [0.15, 0.2) is 0 Å². The second kappa shape index (κ2) is 6.97. The summed E-state index contributed by atoms with van der Waals surface area (Å²) in [5, 5.41) is 24.6. The van der Waals surface area contributed by atoms with Crippen molar-refractivity contribution in [3.63, 3.8) is 0 Å². The third-order valence-electron chi connectivity index (χ3n) is 1.25. The summed E-state index contributed by atoms with van der Waals surface area (Å²) in [6.07, 6.45) is 0. The molecule has 0 amide bonds. The Morgan fingerprint density at radius 2 is 1.31 bits per heavy atom. The molecule has 16 heavy (non-hydrogen) atoms. The first-order valence-electron chi connectivity index (χ1n) is 3.75. The van der Waals surface area contributed by atoms with Gasteiger partial charge >= 0.3 is 5.09 Å². The van der Waals surface area contributed by atoms with Crippen LogP contribution in [0.4, 0.5) is 0 Å². The molecule has 12 nitrogen and oxygen atoms in total. The molecule has 0 rings (SSSR count). The van der Waals surface area contributed by atoms with Crippen molar-refractivity contribution in [2.45, 2.75) is 0 Å². The van der Waals surface area contributed by atoms with Crippen molar-refractivity contribution in [2.75, 3.05) is 19.8 Å². The largest absolute Gasteiger partial charge is 0.475 e. The summed E-state index contributed by atoms with van der Waals surface area (Å²) in [5.74, 6) is -0.959. The fourth-order valence-corrected chi connectivity index (χ4v) is 0.646. The van der Waals surface area contributed by atoms with E-state index in [0.717, 1.165) is 0 Å². The lowest BCUT2D eigenvalue weighted by molar-refractivity contribution is -0.976. The van der Waals surface area contributed by atoms with Crippen molar-refractivity contribution in [1.82, 2.24) is 0 Å². The van der Waals surface area contributed by atoms with Crippen LogP contribution in [-0.2, 0) is 14.5 Å². The molecular formula is C4H8N3O9+. The number of rotatable bonds is 9. The fourth-order valence-electron chi connectivity index (χ4n) is 0.646. The first-order valence-corrected chi connectivity index (χ1v) is 3.75. The zero-order valence-electron chi connectivity index (χ0n) is 7.75. The molecule has 0 aliphatic carbocycles. The van der Waals surface area contributed by atoms with Crippen molar-refractivity contribution in [2.24, 2.45) is 5.92 Å². The van der Waals surface area contributed by atoms with Crippen LogP contribution in [-0.4, -0.2) is 40.3 Å². The quantitative estimate of drug-likeness (QED) is 0.400. The highest BCUT2D eigenvalue weighted by Gasteiger charge is 2.19. The predicted octanol–water partition coefficient (Wildman–Crippen LogP) is -0.881. The molecule has 12 heteroatoms. The first-order chi connectivity index (χ1) is 7.41. The molecule has 1 N–H and O–H groups in total. The Kier molecular flexibility index (Phi) is 5.92. The highest BCUT2D eigenvalue weighted by Crippen LogP contribution is 2.00. The van der Waals surface area contributed by atoms with Gasteiger partial charge in [0.25, 0.3) is 10.2 Å². The Morgan fingerprint density at radius 1 is 0.938 bits per heavy atom. The van der Waals surface area contributed by atoms with E-state index < -0.39 is 41.0 Å². The molecule has 0 aromatic rings. The van der Waals surface area contributed by atoms with Gasteiger partial charge in [-0.05, 0) is 0 Å². The summed E-state index contributed by atoms with van der Waals surface area (Å²) in [6, 6.07) is 0. The molecule has 0 saturated heterocycles. The van der Waals surface area contributed by atoms with Gasteiger partial charge in [0.05, 0.1) is 0 Å². The second-order valence-electron chi connectivity index (χ2n) is 2.44. The summed E-state index contributed by atoms with van der Waals surface area (Å²) < 4.78 is 0. The van der Waals surface area contributed by atoms with E-state index in [1.54, 1.807) is 0 Å². The van der Waals surface area contributed by atoms with E-state index in [2.05, 4.69) is 14.5 Å². The Morgan fingerprint density at radius 3 is 1.62 bits per heavy atom. The molecule has 0 fully saturated rings. The molecule has 0 heterocycles. The van der Waals surface area contributed by atoms with E-state index in [-0.39, 0.29) is 0 Å². The molecule has 92 valence electrons. The molecule has 0 unspecified atom stereocenters. The first kappa shape index (κ1) is 13.6. The molecule has 0 atom stereocenters. The number of nitrogens with zero attached hydrogens (tertiary/aromatic N) is 3. The summed E-state index contributed by atoms with van der Waals surface area (Å²) >= 11 is 0. The molecule has 0 radical (unpaired) electrons. The van der Waals surface area contributed by atoms with Gasteiger partial charge < -0.3 is 9.68 Å². The van der Waals surface area contributed by atoms with E-state index in [9.17, 15) is 25.1 Å². The SMILES string of the molecule is O=[N+]([O-])OCC(CO[N+](=O)[O-])CO[N+](=O)O. The van der Waals surface area contributed by atoms with Gasteiger partial charge in [0.15, 0.2) is 6.61 Å². The van der Waals surface area contributed by atoms with Gasteiger partial charge in [-0.15, -0.1) is 20.2 Å². The van der Waals surface area contributed by atoms with E-state index in [0.29, 0.717) is 0 Å². The summed E-state index contributed by atoms with van der Waals surface area (Å²) in [4.78, 5) is 41.4. The van der Waals surface area contributed by atoms with Crippen LogP contribution >= 0.6 is 0 Å². The maximum atomic E-state index is 9.93. The molecule has 0 aliphatic rings. The van der Waals surface area contributed by atoms with Gasteiger partial charge in [0, 0.05) is 5.92 Å².